The monoisotopic (exact) mass is 454 g/mol. The molecule has 1 heterocycles. The second-order valence-electron chi connectivity index (χ2n) is 5.28. The van der Waals surface area contributed by atoms with E-state index in [9.17, 15) is 0 Å². The lowest BCUT2D eigenvalue weighted by atomic mass is 10.2. The number of halogens is 2. The molecule has 0 aliphatic heterocycles. The fourth-order valence-electron chi connectivity index (χ4n) is 2.36. The molecule has 0 bridgehead atoms. The van der Waals surface area contributed by atoms with Crippen molar-refractivity contribution in [3.8, 4) is 34.5 Å². The number of hydrogen-bond acceptors (Lipinski definition) is 7. The molecule has 0 amide bonds. The molecule has 0 N–H and O–H groups in total. The minimum absolute atomic E-state index is 0.0821. The second kappa shape index (κ2) is 8.49. The minimum Gasteiger partial charge on any atom is -0.493 e. The van der Waals surface area contributed by atoms with Crippen LogP contribution >= 0.6 is 27.5 Å². The van der Waals surface area contributed by atoms with Crippen LogP contribution in [0.3, 0.4) is 0 Å². The van der Waals surface area contributed by atoms with Crippen LogP contribution in [0.2, 0.25) is 5.02 Å². The fraction of sp³-hybridized carbons (Fsp3) is 0.222. The molecule has 0 aliphatic carbocycles. The Bertz CT molecular complexity index is 922. The van der Waals surface area contributed by atoms with Gasteiger partial charge in [-0.05, 0) is 30.3 Å². The van der Waals surface area contributed by atoms with E-state index in [-0.39, 0.29) is 6.61 Å². The molecule has 0 spiro atoms. The summed E-state index contributed by atoms with van der Waals surface area (Å²) in [5, 5.41) is 8.53. The molecule has 0 saturated heterocycles. The van der Waals surface area contributed by atoms with Crippen LogP contribution in [0.5, 0.6) is 23.0 Å². The van der Waals surface area contributed by atoms with Gasteiger partial charge in [-0.1, -0.05) is 27.5 Å². The Kier molecular flexibility index (Phi) is 6.08. The number of ether oxygens (including phenoxy) is 4. The standard InChI is InChI=1S/C18H16BrClN2O5/c1-23-14-6-10(7-15(24-2)17(14)25-3)18-22-21-16(27-18)9-26-13-5-4-11(19)8-12(13)20/h4-8H,9H2,1-3H3. The van der Waals surface area contributed by atoms with Gasteiger partial charge in [0.25, 0.3) is 5.89 Å². The van der Waals surface area contributed by atoms with Gasteiger partial charge in [0, 0.05) is 10.0 Å². The van der Waals surface area contributed by atoms with Gasteiger partial charge in [-0.25, -0.2) is 0 Å². The molecular formula is C18H16BrClN2O5. The van der Waals surface area contributed by atoms with Crippen LogP contribution in [0, 0.1) is 0 Å². The highest BCUT2D eigenvalue weighted by molar-refractivity contribution is 9.10. The molecule has 7 nitrogen and oxygen atoms in total. The zero-order chi connectivity index (χ0) is 19.4. The van der Waals surface area contributed by atoms with Crippen LogP contribution in [0.15, 0.2) is 39.2 Å². The molecule has 142 valence electrons. The molecule has 27 heavy (non-hydrogen) atoms. The van der Waals surface area contributed by atoms with Gasteiger partial charge in [-0.3, -0.25) is 0 Å². The first-order valence-electron chi connectivity index (χ1n) is 7.76. The van der Waals surface area contributed by atoms with E-state index in [1.54, 1.807) is 24.3 Å². The van der Waals surface area contributed by atoms with Crippen LogP contribution in [0.1, 0.15) is 5.89 Å². The summed E-state index contributed by atoms with van der Waals surface area (Å²) in [6.45, 7) is 0.0821. The third-order valence-corrected chi connectivity index (χ3v) is 4.41. The van der Waals surface area contributed by atoms with E-state index >= 15 is 0 Å². The number of methoxy groups -OCH3 is 3. The number of nitrogens with zero attached hydrogens (tertiary/aromatic N) is 2. The Hall–Kier alpha value is -2.45. The molecule has 9 heteroatoms. The number of benzene rings is 2. The Labute approximate surface area is 169 Å². The summed E-state index contributed by atoms with van der Waals surface area (Å²) in [5.41, 5.74) is 0.630. The van der Waals surface area contributed by atoms with E-state index in [4.69, 9.17) is 35.0 Å². The smallest absolute Gasteiger partial charge is 0.254 e. The maximum Gasteiger partial charge on any atom is 0.254 e. The van der Waals surface area contributed by atoms with Crippen LogP contribution in [-0.2, 0) is 6.61 Å². The quantitative estimate of drug-likeness (QED) is 0.508. The maximum absolute atomic E-state index is 6.13. The van der Waals surface area contributed by atoms with Crippen LogP contribution in [0.25, 0.3) is 11.5 Å². The Morgan fingerprint density at radius 1 is 0.963 bits per heavy atom. The second-order valence-corrected chi connectivity index (χ2v) is 6.60. The summed E-state index contributed by atoms with van der Waals surface area (Å²) in [4.78, 5) is 0. The maximum atomic E-state index is 6.13. The molecule has 3 rings (SSSR count). The van der Waals surface area contributed by atoms with Gasteiger partial charge in [-0.15, -0.1) is 10.2 Å². The first-order valence-corrected chi connectivity index (χ1v) is 8.93. The van der Waals surface area contributed by atoms with Crippen LogP contribution in [0.4, 0.5) is 0 Å². The van der Waals surface area contributed by atoms with Gasteiger partial charge < -0.3 is 23.4 Å². The Morgan fingerprint density at radius 3 is 2.26 bits per heavy atom. The summed E-state index contributed by atoms with van der Waals surface area (Å²) >= 11 is 9.48. The lowest BCUT2D eigenvalue weighted by Gasteiger charge is -2.12. The van der Waals surface area contributed by atoms with E-state index in [0.29, 0.717) is 45.4 Å². The predicted octanol–water partition coefficient (Wildman–Crippen LogP) is 4.76. The average molecular weight is 456 g/mol. The van der Waals surface area contributed by atoms with E-state index in [0.717, 1.165) is 4.47 Å². The van der Waals surface area contributed by atoms with Gasteiger partial charge in [0.2, 0.25) is 11.6 Å². The molecular weight excluding hydrogens is 440 g/mol. The number of aromatic nitrogens is 2. The summed E-state index contributed by atoms with van der Waals surface area (Å²) in [6, 6.07) is 8.78. The predicted molar refractivity (Wildman–Crippen MR) is 103 cm³/mol. The first kappa shape index (κ1) is 19.3. The highest BCUT2D eigenvalue weighted by Crippen LogP contribution is 2.40. The summed E-state index contributed by atoms with van der Waals surface area (Å²) < 4.78 is 28.2. The van der Waals surface area contributed by atoms with Crippen LogP contribution in [-0.4, -0.2) is 31.5 Å². The Balaban J connectivity index is 1.81. The molecule has 3 aromatic rings. The van der Waals surface area contributed by atoms with E-state index in [1.807, 2.05) is 6.07 Å². The molecule has 0 fully saturated rings. The molecule has 0 saturated carbocycles. The Morgan fingerprint density at radius 2 is 1.67 bits per heavy atom. The van der Waals surface area contributed by atoms with Gasteiger partial charge in [0.05, 0.1) is 26.4 Å². The highest BCUT2D eigenvalue weighted by Gasteiger charge is 2.17. The molecule has 0 radical (unpaired) electrons. The molecule has 0 aliphatic rings. The zero-order valence-electron chi connectivity index (χ0n) is 14.8. The van der Waals surface area contributed by atoms with E-state index in [1.165, 1.54) is 21.3 Å². The molecule has 1 aromatic heterocycles. The van der Waals surface area contributed by atoms with Crippen molar-refractivity contribution < 1.29 is 23.4 Å². The van der Waals surface area contributed by atoms with E-state index < -0.39 is 0 Å². The minimum atomic E-state index is 0.0821. The summed E-state index contributed by atoms with van der Waals surface area (Å²) in [5.74, 6) is 2.59. The van der Waals surface area contributed by atoms with Gasteiger partial charge in [-0.2, -0.15) is 0 Å². The number of rotatable bonds is 7. The lowest BCUT2D eigenvalue weighted by Crippen LogP contribution is -1.96. The SMILES string of the molecule is COc1cc(-c2nnc(COc3ccc(Br)cc3Cl)o2)cc(OC)c1OC. The van der Waals surface area contributed by atoms with Crippen molar-refractivity contribution in [1.82, 2.24) is 10.2 Å². The van der Waals surface area contributed by atoms with Gasteiger partial charge >= 0.3 is 0 Å². The fourth-order valence-corrected chi connectivity index (χ4v) is 3.09. The molecule has 0 atom stereocenters. The first-order chi connectivity index (χ1) is 13.0. The van der Waals surface area contributed by atoms with Gasteiger partial charge in [0.15, 0.2) is 18.1 Å². The van der Waals surface area contributed by atoms with Crippen molar-refractivity contribution in [2.45, 2.75) is 6.61 Å². The summed E-state index contributed by atoms with van der Waals surface area (Å²) in [7, 11) is 4.61. The largest absolute Gasteiger partial charge is 0.493 e. The lowest BCUT2D eigenvalue weighted by molar-refractivity contribution is 0.264. The van der Waals surface area contributed by atoms with Crippen molar-refractivity contribution in [3.63, 3.8) is 0 Å². The number of hydrogen-bond donors (Lipinski definition) is 0. The third-order valence-electron chi connectivity index (χ3n) is 3.62. The summed E-state index contributed by atoms with van der Waals surface area (Å²) in [6.07, 6.45) is 0. The molecule has 2 aromatic carbocycles. The highest BCUT2D eigenvalue weighted by atomic mass is 79.9. The molecule has 0 unspecified atom stereocenters. The van der Waals surface area contributed by atoms with Crippen LogP contribution < -0.4 is 18.9 Å². The van der Waals surface area contributed by atoms with E-state index in [2.05, 4.69) is 26.1 Å². The van der Waals surface area contributed by atoms with Crippen molar-refractivity contribution >= 4 is 27.5 Å². The van der Waals surface area contributed by atoms with Gasteiger partial charge in [0.1, 0.15) is 5.75 Å². The van der Waals surface area contributed by atoms with Crippen molar-refractivity contribution in [2.24, 2.45) is 0 Å². The van der Waals surface area contributed by atoms with Crippen molar-refractivity contribution in [2.75, 3.05) is 21.3 Å². The average Bonchev–Trinajstić information content (AvgIpc) is 3.15. The third kappa shape index (κ3) is 4.28. The van der Waals surface area contributed by atoms with Crippen molar-refractivity contribution in [1.29, 1.82) is 0 Å². The topological polar surface area (TPSA) is 75.8 Å². The normalized spacial score (nSPS) is 10.6. The van der Waals surface area contributed by atoms with Crippen molar-refractivity contribution in [3.05, 3.63) is 45.7 Å². The zero-order valence-corrected chi connectivity index (χ0v) is 17.1.